The van der Waals surface area contributed by atoms with E-state index in [0.29, 0.717) is 22.9 Å². The summed E-state index contributed by atoms with van der Waals surface area (Å²) in [6.07, 6.45) is 2.51. The van der Waals surface area contributed by atoms with E-state index in [0.717, 1.165) is 23.6 Å². The normalized spacial score (nSPS) is 14.4. The van der Waals surface area contributed by atoms with E-state index in [1.165, 1.54) is 25.0 Å². The minimum absolute atomic E-state index is 0.292. The maximum atomic E-state index is 13.3. The maximum Gasteiger partial charge on any atom is 0.146 e. The molecular weight excluding hydrogens is 337 g/mol. The number of ether oxygens (including phenoxy) is 1. The van der Waals surface area contributed by atoms with E-state index in [2.05, 4.69) is 21.2 Å². The van der Waals surface area contributed by atoms with Crippen molar-refractivity contribution in [1.29, 1.82) is 0 Å². The Morgan fingerprint density at radius 2 is 2.14 bits per heavy atom. The molecule has 0 spiro atoms. The fourth-order valence-electron chi connectivity index (χ4n) is 2.13. The predicted molar refractivity (Wildman–Crippen MR) is 81.7 cm³/mol. The Hall–Kier alpha value is -1.33. The van der Waals surface area contributed by atoms with E-state index in [-0.39, 0.29) is 5.82 Å². The molecule has 0 saturated heterocycles. The summed E-state index contributed by atoms with van der Waals surface area (Å²) in [6.45, 7) is 3.07. The molecule has 3 nitrogen and oxygen atoms in total. The lowest BCUT2D eigenvalue weighted by Crippen LogP contribution is -2.15. The number of halogens is 2. The van der Waals surface area contributed by atoms with Gasteiger partial charge in [-0.25, -0.2) is 4.39 Å². The molecule has 0 amide bonds. The van der Waals surface area contributed by atoms with Crippen molar-refractivity contribution < 1.29 is 13.5 Å². The van der Waals surface area contributed by atoms with E-state index in [1.54, 1.807) is 6.07 Å². The van der Waals surface area contributed by atoms with Gasteiger partial charge in [-0.05, 0) is 43.5 Å². The smallest absolute Gasteiger partial charge is 0.146 e. The molecule has 21 heavy (non-hydrogen) atoms. The summed E-state index contributed by atoms with van der Waals surface area (Å²) in [5, 5.41) is 3.43. The lowest BCUT2D eigenvalue weighted by atomic mass is 10.2. The Labute approximate surface area is 131 Å². The number of furan rings is 1. The second-order valence-corrected chi connectivity index (χ2v) is 6.28. The molecule has 0 unspecified atom stereocenters. The number of nitrogens with one attached hydrogen (secondary N) is 1. The lowest BCUT2D eigenvalue weighted by Gasteiger charge is -2.05. The molecule has 1 fully saturated rings. The second-order valence-electron chi connectivity index (χ2n) is 5.37. The van der Waals surface area contributed by atoms with E-state index >= 15 is 0 Å². The van der Waals surface area contributed by atoms with Crippen molar-refractivity contribution in [2.24, 2.45) is 0 Å². The minimum atomic E-state index is -0.329. The van der Waals surface area contributed by atoms with Gasteiger partial charge in [-0.15, -0.1) is 0 Å². The number of hydrogen-bond donors (Lipinski definition) is 1. The maximum absolute atomic E-state index is 13.3. The monoisotopic (exact) mass is 353 g/mol. The van der Waals surface area contributed by atoms with Gasteiger partial charge in [0.05, 0.1) is 6.54 Å². The van der Waals surface area contributed by atoms with Gasteiger partial charge >= 0.3 is 0 Å². The fourth-order valence-corrected chi connectivity index (χ4v) is 2.57. The lowest BCUT2D eigenvalue weighted by molar-refractivity contribution is 0.263. The molecule has 0 bridgehead atoms. The summed E-state index contributed by atoms with van der Waals surface area (Å²) in [7, 11) is 0. The van der Waals surface area contributed by atoms with E-state index in [4.69, 9.17) is 9.15 Å². The summed E-state index contributed by atoms with van der Waals surface area (Å²) in [6, 6.07) is 7.10. The SMILES string of the molecule is Cc1cc(COc2cc(F)cc(Br)c2)oc1CNC1CC1. The highest BCUT2D eigenvalue weighted by atomic mass is 79.9. The third kappa shape index (κ3) is 4.08. The summed E-state index contributed by atoms with van der Waals surface area (Å²) >= 11 is 3.24. The molecule has 0 radical (unpaired) electrons. The minimum Gasteiger partial charge on any atom is -0.486 e. The molecule has 1 aromatic heterocycles. The average molecular weight is 354 g/mol. The molecule has 0 aliphatic heterocycles. The molecule has 1 aliphatic rings. The van der Waals surface area contributed by atoms with Gasteiger partial charge in [-0.3, -0.25) is 0 Å². The fraction of sp³-hybridized carbons (Fsp3) is 0.375. The van der Waals surface area contributed by atoms with Crippen molar-refractivity contribution in [2.75, 3.05) is 0 Å². The largest absolute Gasteiger partial charge is 0.486 e. The Bertz CT molecular complexity index is 617. The molecule has 2 aromatic rings. The Kier molecular flexibility index (Phi) is 4.31. The van der Waals surface area contributed by atoms with Crippen LogP contribution in [0.2, 0.25) is 0 Å². The van der Waals surface area contributed by atoms with E-state index in [9.17, 15) is 4.39 Å². The zero-order valence-electron chi connectivity index (χ0n) is 11.8. The van der Waals surface area contributed by atoms with Gasteiger partial charge in [0.15, 0.2) is 0 Å². The summed E-state index contributed by atoms with van der Waals surface area (Å²) in [5.74, 6) is 1.85. The molecule has 5 heteroatoms. The third-order valence-electron chi connectivity index (χ3n) is 3.42. The first-order chi connectivity index (χ1) is 10.1. The second kappa shape index (κ2) is 6.20. The molecule has 1 saturated carbocycles. The number of hydrogen-bond acceptors (Lipinski definition) is 3. The third-order valence-corrected chi connectivity index (χ3v) is 3.88. The van der Waals surface area contributed by atoms with Crippen LogP contribution in [-0.2, 0) is 13.2 Å². The highest BCUT2D eigenvalue weighted by molar-refractivity contribution is 9.10. The first kappa shape index (κ1) is 14.6. The Morgan fingerprint density at radius 3 is 2.86 bits per heavy atom. The summed E-state index contributed by atoms with van der Waals surface area (Å²) in [5.41, 5.74) is 1.11. The highest BCUT2D eigenvalue weighted by Gasteiger charge is 2.21. The highest BCUT2D eigenvalue weighted by Crippen LogP contribution is 2.24. The van der Waals surface area contributed by atoms with Crippen LogP contribution in [0.15, 0.2) is 33.2 Å². The number of benzene rings is 1. The molecule has 3 rings (SSSR count). The van der Waals surface area contributed by atoms with Crippen molar-refractivity contribution in [3.8, 4) is 5.75 Å². The molecule has 112 valence electrons. The topological polar surface area (TPSA) is 34.4 Å². The summed E-state index contributed by atoms with van der Waals surface area (Å²) < 4.78 is 25.3. The van der Waals surface area contributed by atoms with Crippen LogP contribution < -0.4 is 10.1 Å². The van der Waals surface area contributed by atoms with Gasteiger partial charge in [0.25, 0.3) is 0 Å². The van der Waals surface area contributed by atoms with Gasteiger partial charge in [0.1, 0.15) is 29.7 Å². The van der Waals surface area contributed by atoms with Crippen molar-refractivity contribution in [3.05, 3.63) is 51.6 Å². The van der Waals surface area contributed by atoms with Crippen LogP contribution in [0.3, 0.4) is 0 Å². The van der Waals surface area contributed by atoms with Crippen LogP contribution in [0.4, 0.5) is 4.39 Å². The van der Waals surface area contributed by atoms with Crippen LogP contribution in [0.5, 0.6) is 5.75 Å². The zero-order valence-corrected chi connectivity index (χ0v) is 13.4. The molecular formula is C16H17BrFNO2. The van der Waals surface area contributed by atoms with Crippen LogP contribution in [0.1, 0.15) is 29.9 Å². The van der Waals surface area contributed by atoms with Crippen molar-refractivity contribution in [3.63, 3.8) is 0 Å². The Morgan fingerprint density at radius 1 is 1.33 bits per heavy atom. The molecule has 1 N–H and O–H groups in total. The van der Waals surface area contributed by atoms with Crippen LogP contribution in [0.25, 0.3) is 0 Å². The molecule has 1 aliphatic carbocycles. The quantitative estimate of drug-likeness (QED) is 0.839. The predicted octanol–water partition coefficient (Wildman–Crippen LogP) is 4.32. The van der Waals surface area contributed by atoms with Crippen molar-refractivity contribution >= 4 is 15.9 Å². The first-order valence-corrected chi connectivity index (χ1v) is 7.80. The van der Waals surface area contributed by atoms with Gasteiger partial charge < -0.3 is 14.5 Å². The molecule has 0 atom stereocenters. The zero-order chi connectivity index (χ0) is 14.8. The Balaban J connectivity index is 1.60. The van der Waals surface area contributed by atoms with E-state index in [1.807, 2.05) is 13.0 Å². The number of aryl methyl sites for hydroxylation is 1. The van der Waals surface area contributed by atoms with Gasteiger partial charge in [-0.2, -0.15) is 0 Å². The van der Waals surface area contributed by atoms with Crippen molar-refractivity contribution in [1.82, 2.24) is 5.32 Å². The van der Waals surface area contributed by atoms with E-state index < -0.39 is 0 Å². The number of rotatable bonds is 6. The van der Waals surface area contributed by atoms with Gasteiger partial charge in [-0.1, -0.05) is 15.9 Å². The van der Waals surface area contributed by atoms with Gasteiger partial charge in [0.2, 0.25) is 0 Å². The standard InChI is InChI=1S/C16H17BrFNO2/c1-10-4-15(21-16(10)8-19-13-2-3-13)9-20-14-6-11(17)5-12(18)7-14/h4-7,13,19H,2-3,8-9H2,1H3. The van der Waals surface area contributed by atoms with Crippen molar-refractivity contribution in [2.45, 2.75) is 39.0 Å². The molecule has 1 heterocycles. The first-order valence-electron chi connectivity index (χ1n) is 7.00. The van der Waals surface area contributed by atoms with Crippen LogP contribution >= 0.6 is 15.9 Å². The van der Waals surface area contributed by atoms with Crippen LogP contribution in [0, 0.1) is 12.7 Å². The summed E-state index contributed by atoms with van der Waals surface area (Å²) in [4.78, 5) is 0. The average Bonchev–Trinajstić information content (AvgIpc) is 3.17. The molecule has 1 aromatic carbocycles. The van der Waals surface area contributed by atoms with Gasteiger partial charge in [0, 0.05) is 16.6 Å². The van der Waals surface area contributed by atoms with Crippen LogP contribution in [-0.4, -0.2) is 6.04 Å².